The lowest BCUT2D eigenvalue weighted by atomic mass is 9.83. The van der Waals surface area contributed by atoms with E-state index in [2.05, 4.69) is 69.9 Å². The molecule has 1 aliphatic heterocycles. The molecule has 0 radical (unpaired) electrons. The minimum absolute atomic E-state index is 0.0218. The number of nitrogens with zero attached hydrogens (tertiary/aromatic N) is 3. The van der Waals surface area contributed by atoms with E-state index in [4.69, 9.17) is 28.2 Å². The van der Waals surface area contributed by atoms with Gasteiger partial charge >= 0.3 is 0 Å². The molecule has 1 atom stereocenters. The fourth-order valence-corrected chi connectivity index (χ4v) is 7.61. The highest BCUT2D eigenvalue weighted by molar-refractivity contribution is 9.10. The van der Waals surface area contributed by atoms with Crippen LogP contribution in [0.5, 0.6) is 0 Å². The van der Waals surface area contributed by atoms with Crippen molar-refractivity contribution >= 4 is 62.2 Å². The van der Waals surface area contributed by atoms with Crippen molar-refractivity contribution < 1.29 is 0 Å². The number of aromatic nitrogens is 2. The Bertz CT molecular complexity index is 2090. The number of halogens is 3. The molecule has 0 unspecified atom stereocenters. The van der Waals surface area contributed by atoms with E-state index >= 15 is 0 Å². The van der Waals surface area contributed by atoms with Crippen LogP contribution in [0.1, 0.15) is 46.1 Å². The van der Waals surface area contributed by atoms with E-state index in [1.807, 2.05) is 41.8 Å². The van der Waals surface area contributed by atoms with Gasteiger partial charge in [0.25, 0.3) is 5.56 Å². The Hall–Kier alpha value is -3.16. The number of hydrogen-bond acceptors (Lipinski definition) is 3. The normalized spacial score (nSPS) is 16.3. The minimum atomic E-state index is -0.200. The van der Waals surface area contributed by atoms with Gasteiger partial charge in [-0.2, -0.15) is 0 Å². The van der Waals surface area contributed by atoms with Gasteiger partial charge in [0.05, 0.1) is 26.3 Å². The zero-order chi connectivity index (χ0) is 28.4. The summed E-state index contributed by atoms with van der Waals surface area (Å²) in [7, 11) is 0. The van der Waals surface area contributed by atoms with Gasteiger partial charge in [0.2, 0.25) is 0 Å². The SMILES string of the molecule is Cc1cc(/C=c2/sc3n(c2=O)[C@H](c2ccc(Br)cc2)C2=C(N=3)c3ccccc3CC2)c(C)n1-c1ccc(Cl)c(Cl)c1. The Morgan fingerprint density at radius 2 is 1.76 bits per heavy atom. The Morgan fingerprint density at radius 3 is 2.54 bits per heavy atom. The van der Waals surface area contributed by atoms with Crippen LogP contribution in [0.4, 0.5) is 0 Å². The Labute approximate surface area is 259 Å². The first-order valence-electron chi connectivity index (χ1n) is 13.3. The van der Waals surface area contributed by atoms with E-state index in [0.717, 1.165) is 56.0 Å². The molecule has 0 amide bonds. The number of thiazole rings is 1. The average molecular weight is 661 g/mol. The maximum Gasteiger partial charge on any atom is 0.271 e. The monoisotopic (exact) mass is 659 g/mol. The maximum absolute atomic E-state index is 14.2. The predicted molar refractivity (Wildman–Crippen MR) is 172 cm³/mol. The number of rotatable bonds is 3. The van der Waals surface area contributed by atoms with Crippen molar-refractivity contribution in [3.63, 3.8) is 0 Å². The lowest BCUT2D eigenvalue weighted by molar-refractivity contribution is 0.585. The summed E-state index contributed by atoms with van der Waals surface area (Å²) in [6.07, 6.45) is 3.80. The molecular weight excluding hydrogens is 637 g/mol. The van der Waals surface area contributed by atoms with E-state index in [9.17, 15) is 4.79 Å². The van der Waals surface area contributed by atoms with Crippen LogP contribution in [0.2, 0.25) is 10.0 Å². The summed E-state index contributed by atoms with van der Waals surface area (Å²) < 4.78 is 5.69. The highest BCUT2D eigenvalue weighted by atomic mass is 79.9. The van der Waals surface area contributed by atoms with Crippen LogP contribution in [0.25, 0.3) is 17.5 Å². The van der Waals surface area contributed by atoms with Gasteiger partial charge in [-0.1, -0.05) is 86.9 Å². The van der Waals surface area contributed by atoms with Crippen LogP contribution >= 0.6 is 50.5 Å². The molecule has 0 N–H and O–H groups in total. The van der Waals surface area contributed by atoms with Crippen molar-refractivity contribution in [3.8, 4) is 5.69 Å². The zero-order valence-corrected chi connectivity index (χ0v) is 26.2. The summed E-state index contributed by atoms with van der Waals surface area (Å²) in [5.41, 5.74) is 9.70. The first-order valence-corrected chi connectivity index (χ1v) is 15.7. The van der Waals surface area contributed by atoms with Crippen LogP contribution in [0.3, 0.4) is 0 Å². The van der Waals surface area contributed by atoms with Crippen molar-refractivity contribution in [3.05, 3.63) is 146 Å². The fourth-order valence-electron chi connectivity index (χ4n) is 6.06. The van der Waals surface area contributed by atoms with Gasteiger partial charge in [-0.25, -0.2) is 4.99 Å². The fraction of sp³-hybridized carbons (Fsp3) is 0.152. The lowest BCUT2D eigenvalue weighted by Gasteiger charge is -2.30. The summed E-state index contributed by atoms with van der Waals surface area (Å²) in [5.74, 6) is 0. The Balaban J connectivity index is 1.43. The van der Waals surface area contributed by atoms with E-state index < -0.39 is 0 Å². The quantitative estimate of drug-likeness (QED) is 0.195. The molecule has 2 aliphatic rings. The third kappa shape index (κ3) is 4.49. The zero-order valence-electron chi connectivity index (χ0n) is 22.3. The predicted octanol–water partition coefficient (Wildman–Crippen LogP) is 7.80. The number of hydrogen-bond donors (Lipinski definition) is 0. The lowest BCUT2D eigenvalue weighted by Crippen LogP contribution is -2.38. The van der Waals surface area contributed by atoms with E-state index in [0.29, 0.717) is 14.6 Å². The molecule has 3 aromatic carbocycles. The molecule has 8 heteroatoms. The molecule has 7 rings (SSSR count). The summed E-state index contributed by atoms with van der Waals surface area (Å²) >= 11 is 17.5. The summed E-state index contributed by atoms with van der Waals surface area (Å²) in [5, 5.41) is 1.02. The number of aryl methyl sites for hydroxylation is 2. The smallest absolute Gasteiger partial charge is 0.271 e. The number of fused-ring (bicyclic) bond motifs is 3. The van der Waals surface area contributed by atoms with Gasteiger partial charge in [-0.15, -0.1) is 0 Å². The molecule has 204 valence electrons. The molecule has 0 fully saturated rings. The van der Waals surface area contributed by atoms with E-state index in [-0.39, 0.29) is 11.6 Å². The summed E-state index contributed by atoms with van der Waals surface area (Å²) in [4.78, 5) is 20.0. The largest absolute Gasteiger partial charge is 0.318 e. The molecule has 0 bridgehead atoms. The van der Waals surface area contributed by atoms with Crippen molar-refractivity contribution in [2.24, 2.45) is 4.99 Å². The second-order valence-corrected chi connectivity index (χ2v) is 13.2. The summed E-state index contributed by atoms with van der Waals surface area (Å²) in [6, 6.07) is 24.3. The molecule has 3 heterocycles. The van der Waals surface area contributed by atoms with Crippen LogP contribution in [0.15, 0.2) is 92.6 Å². The van der Waals surface area contributed by atoms with Crippen molar-refractivity contribution in [1.29, 1.82) is 0 Å². The molecule has 4 nitrogen and oxygen atoms in total. The van der Waals surface area contributed by atoms with E-state index in [1.165, 1.54) is 28.0 Å². The maximum atomic E-state index is 14.2. The van der Waals surface area contributed by atoms with Crippen LogP contribution in [-0.4, -0.2) is 9.13 Å². The highest BCUT2D eigenvalue weighted by Gasteiger charge is 2.32. The molecule has 41 heavy (non-hydrogen) atoms. The van der Waals surface area contributed by atoms with Crippen LogP contribution in [-0.2, 0) is 6.42 Å². The van der Waals surface area contributed by atoms with Crippen molar-refractivity contribution in [2.45, 2.75) is 32.7 Å². The topological polar surface area (TPSA) is 39.3 Å². The molecule has 5 aromatic rings. The van der Waals surface area contributed by atoms with Gasteiger partial charge in [0.1, 0.15) is 0 Å². The first-order chi connectivity index (χ1) is 19.8. The van der Waals surface area contributed by atoms with E-state index in [1.54, 1.807) is 6.07 Å². The third-order valence-corrected chi connectivity index (χ3v) is 10.2. The van der Waals surface area contributed by atoms with Crippen LogP contribution in [0, 0.1) is 13.8 Å². The van der Waals surface area contributed by atoms with Gasteiger partial charge in [-0.3, -0.25) is 9.36 Å². The van der Waals surface area contributed by atoms with Crippen molar-refractivity contribution in [2.75, 3.05) is 0 Å². The van der Waals surface area contributed by atoms with Crippen molar-refractivity contribution in [1.82, 2.24) is 9.13 Å². The molecular formula is C33H24BrCl2N3OS. The van der Waals surface area contributed by atoms with Gasteiger partial charge < -0.3 is 4.57 Å². The first kappa shape index (κ1) is 26.7. The second-order valence-electron chi connectivity index (χ2n) is 10.4. The molecule has 0 spiro atoms. The minimum Gasteiger partial charge on any atom is -0.318 e. The Morgan fingerprint density at radius 1 is 0.976 bits per heavy atom. The molecule has 0 saturated carbocycles. The molecule has 0 saturated heterocycles. The number of allylic oxidation sites excluding steroid dienone is 1. The Kier molecular flexibility index (Phi) is 6.70. The second kappa shape index (κ2) is 10.3. The average Bonchev–Trinajstić information content (AvgIpc) is 3.43. The van der Waals surface area contributed by atoms with Gasteiger partial charge in [0, 0.05) is 27.1 Å². The standard InChI is InChI=1S/C33H24BrCl2N3OS/c1-18-15-22(19(2)38(18)24-12-14-27(35)28(36)17-24)16-29-32(40)39-31(21-7-10-23(34)11-8-21)26-13-9-20-5-3-4-6-25(20)30(26)37-33(39)41-29/h3-8,10-12,14-17,31H,9,13H2,1-2H3/b29-16+/t31-/m1/s1. The van der Waals surface area contributed by atoms with Gasteiger partial charge in [-0.05, 0) is 91.4 Å². The van der Waals surface area contributed by atoms with Gasteiger partial charge in [0.15, 0.2) is 4.80 Å². The summed E-state index contributed by atoms with van der Waals surface area (Å²) in [6.45, 7) is 4.10. The molecule has 1 aliphatic carbocycles. The number of benzene rings is 3. The highest BCUT2D eigenvalue weighted by Crippen LogP contribution is 2.41. The van der Waals surface area contributed by atoms with Crippen LogP contribution < -0.4 is 14.9 Å². The third-order valence-electron chi connectivity index (χ3n) is 7.98. The molecule has 2 aromatic heterocycles.